The van der Waals surface area contributed by atoms with Crippen molar-refractivity contribution < 1.29 is 28.2 Å². The van der Waals surface area contributed by atoms with Crippen LogP contribution in [0.2, 0.25) is 0 Å². The second-order valence-corrected chi connectivity index (χ2v) is 10.3. The summed E-state index contributed by atoms with van der Waals surface area (Å²) < 4.78 is 33.7. The van der Waals surface area contributed by atoms with E-state index in [1.54, 1.807) is 6.07 Å². The van der Waals surface area contributed by atoms with Crippen molar-refractivity contribution in [2.75, 3.05) is 38.0 Å². The number of urea groups is 1. The summed E-state index contributed by atoms with van der Waals surface area (Å²) in [5.74, 6) is 4.63. The van der Waals surface area contributed by atoms with Crippen LogP contribution in [0.3, 0.4) is 0 Å². The monoisotopic (exact) mass is 575 g/mol. The largest absolute Gasteiger partial charge is 0.453 e. The number of imide groups is 1. The topological polar surface area (TPSA) is 107 Å². The molecule has 0 bridgehead atoms. The van der Waals surface area contributed by atoms with Gasteiger partial charge in [0.1, 0.15) is 11.6 Å². The van der Waals surface area contributed by atoms with Crippen molar-refractivity contribution in [3.8, 4) is 23.3 Å². The Morgan fingerprint density at radius 3 is 2.60 bits per heavy atom. The molecule has 1 aromatic heterocycles. The quantitative estimate of drug-likeness (QED) is 0.370. The molecular formula is C31H31F2N5O4. The van der Waals surface area contributed by atoms with Gasteiger partial charge in [-0.2, -0.15) is 0 Å². The second-order valence-electron chi connectivity index (χ2n) is 10.3. The number of carbonyl (C=O) groups is 2. The lowest BCUT2D eigenvalue weighted by atomic mass is 10.1. The smallest absolute Gasteiger partial charge is 0.325 e. The van der Waals surface area contributed by atoms with Gasteiger partial charge in [-0.05, 0) is 55.8 Å². The van der Waals surface area contributed by atoms with Gasteiger partial charge in [0.05, 0.1) is 24.6 Å². The average Bonchev–Trinajstić information content (AvgIpc) is 3.62. The number of β-amino-alcohol motifs (C(OH)–C–C–N with tert-alkyl or cyclic N) is 1. The van der Waals surface area contributed by atoms with E-state index in [9.17, 15) is 23.5 Å². The minimum Gasteiger partial charge on any atom is -0.453 e. The fraction of sp³-hybridized carbons (Fsp3) is 0.323. The van der Waals surface area contributed by atoms with Gasteiger partial charge in [0.15, 0.2) is 11.6 Å². The van der Waals surface area contributed by atoms with Gasteiger partial charge >= 0.3 is 6.03 Å². The molecule has 3 N–H and O–H groups in total. The number of amides is 3. The van der Waals surface area contributed by atoms with Crippen molar-refractivity contribution in [3.63, 3.8) is 0 Å². The summed E-state index contributed by atoms with van der Waals surface area (Å²) in [5, 5.41) is 15.0. The number of benzene rings is 2. The van der Waals surface area contributed by atoms with Crippen molar-refractivity contribution in [1.29, 1.82) is 0 Å². The number of aliphatic hydroxyl groups is 1. The molecule has 2 unspecified atom stereocenters. The molecule has 2 atom stereocenters. The SMILES string of the molecule is O=C(Cc1ccc(F)cc1)NC(=O)Nc1ccc(Oc2ccncc2C#CCN2CC(O)C(N3CCCC3)C2)c(F)c1. The van der Waals surface area contributed by atoms with Gasteiger partial charge in [0.25, 0.3) is 0 Å². The van der Waals surface area contributed by atoms with E-state index < -0.39 is 29.7 Å². The number of halogens is 2. The van der Waals surface area contributed by atoms with Gasteiger partial charge in [0.2, 0.25) is 5.91 Å². The number of nitrogens with zero attached hydrogens (tertiary/aromatic N) is 3. The maximum atomic E-state index is 14.9. The number of pyridine rings is 1. The molecule has 2 fully saturated rings. The van der Waals surface area contributed by atoms with E-state index in [1.807, 2.05) is 0 Å². The van der Waals surface area contributed by atoms with Crippen molar-refractivity contribution >= 4 is 17.6 Å². The first kappa shape index (κ1) is 29.1. The van der Waals surface area contributed by atoms with Crippen LogP contribution in [0.4, 0.5) is 19.3 Å². The van der Waals surface area contributed by atoms with Gasteiger partial charge in [-0.25, -0.2) is 13.6 Å². The molecule has 0 radical (unpaired) electrons. The van der Waals surface area contributed by atoms with Gasteiger partial charge in [-0.3, -0.25) is 24.9 Å². The maximum Gasteiger partial charge on any atom is 0.325 e. The Hall–Kier alpha value is -4.37. The van der Waals surface area contributed by atoms with Crippen LogP contribution in [-0.2, 0) is 11.2 Å². The lowest BCUT2D eigenvalue weighted by molar-refractivity contribution is -0.119. The Balaban J connectivity index is 1.15. The van der Waals surface area contributed by atoms with Crippen LogP contribution >= 0.6 is 0 Å². The lowest BCUT2D eigenvalue weighted by Crippen LogP contribution is -2.41. The summed E-state index contributed by atoms with van der Waals surface area (Å²) in [5.41, 5.74) is 1.13. The Morgan fingerprint density at radius 2 is 1.83 bits per heavy atom. The Bertz CT molecular complexity index is 1480. The zero-order valence-corrected chi connectivity index (χ0v) is 22.9. The number of likely N-dealkylation sites (tertiary alicyclic amines) is 2. The van der Waals surface area contributed by atoms with E-state index in [1.165, 1.54) is 61.6 Å². The average molecular weight is 576 g/mol. The summed E-state index contributed by atoms with van der Waals surface area (Å²) in [4.78, 5) is 32.9. The minimum absolute atomic E-state index is 0.0845. The first-order valence-electron chi connectivity index (χ1n) is 13.7. The number of carbonyl (C=O) groups excluding carboxylic acids is 2. The highest BCUT2D eigenvalue weighted by atomic mass is 19.1. The highest BCUT2D eigenvalue weighted by Gasteiger charge is 2.35. The molecular weight excluding hydrogens is 544 g/mol. The van der Waals surface area contributed by atoms with E-state index in [0.29, 0.717) is 30.0 Å². The summed E-state index contributed by atoms with van der Waals surface area (Å²) in [6, 6.07) is 10.1. The molecule has 42 heavy (non-hydrogen) atoms. The third kappa shape index (κ3) is 7.67. The summed E-state index contributed by atoms with van der Waals surface area (Å²) in [6.45, 7) is 3.85. The van der Waals surface area contributed by atoms with Gasteiger partial charge in [-0.1, -0.05) is 24.0 Å². The van der Waals surface area contributed by atoms with Crippen LogP contribution in [0.1, 0.15) is 24.0 Å². The van der Waals surface area contributed by atoms with Gasteiger partial charge in [-0.15, -0.1) is 0 Å². The molecule has 0 aliphatic carbocycles. The molecule has 2 aliphatic heterocycles. The minimum atomic E-state index is -0.834. The highest BCUT2D eigenvalue weighted by Crippen LogP contribution is 2.28. The first-order chi connectivity index (χ1) is 20.3. The lowest BCUT2D eigenvalue weighted by Gasteiger charge is -2.25. The Labute approximate surface area is 242 Å². The fourth-order valence-corrected chi connectivity index (χ4v) is 5.12. The number of aromatic nitrogens is 1. The normalized spacial score (nSPS) is 18.7. The van der Waals surface area contributed by atoms with Crippen LogP contribution in [-0.4, -0.2) is 76.7 Å². The number of ether oxygens (including phenoxy) is 1. The van der Waals surface area contributed by atoms with Crippen molar-refractivity contribution in [3.05, 3.63) is 83.7 Å². The van der Waals surface area contributed by atoms with Crippen LogP contribution in [0.15, 0.2) is 60.9 Å². The Morgan fingerprint density at radius 1 is 1.05 bits per heavy atom. The molecule has 11 heteroatoms. The van der Waals surface area contributed by atoms with Crippen LogP contribution in [0, 0.1) is 23.5 Å². The summed E-state index contributed by atoms with van der Waals surface area (Å²) in [7, 11) is 0. The standard InChI is InChI=1S/C31H31F2N5O4/c32-23-7-5-21(6-8-23)16-30(40)36-31(41)35-24-9-10-29(25(33)17-24)42-28-11-12-34-18-22(28)4-3-13-37-19-26(27(39)20-37)38-14-1-2-15-38/h5-12,17-18,26-27,39H,1-2,13-16,19-20H2,(H2,35,36,40,41). The van der Waals surface area contributed by atoms with E-state index in [2.05, 4.69) is 37.3 Å². The zero-order valence-electron chi connectivity index (χ0n) is 22.9. The van der Waals surface area contributed by atoms with E-state index >= 15 is 0 Å². The third-order valence-corrected chi connectivity index (χ3v) is 7.19. The molecule has 3 amide bonds. The van der Waals surface area contributed by atoms with E-state index in [4.69, 9.17) is 4.74 Å². The number of hydrogen-bond donors (Lipinski definition) is 3. The van der Waals surface area contributed by atoms with Gasteiger partial charge in [0, 0.05) is 49.3 Å². The van der Waals surface area contributed by atoms with Crippen LogP contribution < -0.4 is 15.4 Å². The number of nitrogens with one attached hydrogen (secondary N) is 2. The maximum absolute atomic E-state index is 14.9. The van der Waals surface area contributed by atoms with E-state index in [0.717, 1.165) is 25.7 Å². The molecule has 9 nitrogen and oxygen atoms in total. The first-order valence-corrected chi connectivity index (χ1v) is 13.7. The fourth-order valence-electron chi connectivity index (χ4n) is 5.12. The molecule has 2 aromatic carbocycles. The predicted molar refractivity (Wildman–Crippen MR) is 152 cm³/mol. The molecule has 0 saturated carbocycles. The second kappa shape index (κ2) is 13.5. The number of rotatable bonds is 7. The molecule has 3 aromatic rings. The Kier molecular flexibility index (Phi) is 9.38. The summed E-state index contributed by atoms with van der Waals surface area (Å²) >= 11 is 0. The van der Waals surface area contributed by atoms with Crippen molar-refractivity contribution in [2.45, 2.75) is 31.4 Å². The molecule has 2 saturated heterocycles. The van der Waals surface area contributed by atoms with Gasteiger partial charge < -0.3 is 15.2 Å². The summed E-state index contributed by atoms with van der Waals surface area (Å²) in [6.07, 6.45) is 4.88. The highest BCUT2D eigenvalue weighted by molar-refractivity contribution is 6.01. The zero-order chi connectivity index (χ0) is 29.5. The number of aliphatic hydroxyl groups excluding tert-OH is 1. The van der Waals surface area contributed by atoms with Crippen molar-refractivity contribution in [2.24, 2.45) is 0 Å². The van der Waals surface area contributed by atoms with Crippen LogP contribution in [0.5, 0.6) is 11.5 Å². The van der Waals surface area contributed by atoms with E-state index in [-0.39, 0.29) is 23.9 Å². The van der Waals surface area contributed by atoms with Crippen LogP contribution in [0.25, 0.3) is 0 Å². The molecule has 218 valence electrons. The molecule has 2 aliphatic rings. The molecule has 0 spiro atoms. The number of anilines is 1. The molecule has 5 rings (SSSR count). The van der Waals surface area contributed by atoms with Crippen molar-refractivity contribution in [1.82, 2.24) is 20.1 Å². The molecule has 3 heterocycles. The third-order valence-electron chi connectivity index (χ3n) is 7.19. The predicted octanol–water partition coefficient (Wildman–Crippen LogP) is 3.54. The number of hydrogen-bond acceptors (Lipinski definition) is 7.